The molecule has 7 aliphatic rings. The van der Waals surface area contributed by atoms with E-state index in [-0.39, 0.29) is 0 Å². The third-order valence-electron chi connectivity index (χ3n) is 13.0. The second kappa shape index (κ2) is 24.3. The molecule has 1 aliphatic carbocycles. The Balaban J connectivity index is 1.10. The zero-order valence-corrected chi connectivity index (χ0v) is 40.7. The highest BCUT2D eigenvalue weighted by molar-refractivity contribution is 5.62. The maximum Gasteiger partial charge on any atom is 0.164 e. The van der Waals surface area contributed by atoms with Crippen LogP contribution in [0.25, 0.3) is 0 Å². The van der Waals surface area contributed by atoms with Gasteiger partial charge in [0.05, 0.1) is 21.3 Å². The molecular formula is C57H66N4O9. The predicted octanol–water partition coefficient (Wildman–Crippen LogP) is 7.77. The average Bonchev–Trinajstić information content (AvgIpc) is 3.45. The van der Waals surface area contributed by atoms with Crippen molar-refractivity contribution in [2.24, 2.45) is 0 Å². The van der Waals surface area contributed by atoms with Crippen LogP contribution in [0.2, 0.25) is 0 Å². The normalized spacial score (nSPS) is 16.5. The van der Waals surface area contributed by atoms with Crippen LogP contribution in [0.3, 0.4) is 0 Å². The summed E-state index contributed by atoms with van der Waals surface area (Å²) in [6, 6.07) is 37.2. The Morgan fingerprint density at radius 2 is 0.700 bits per heavy atom. The van der Waals surface area contributed by atoms with Crippen LogP contribution < -0.4 is 58.6 Å². The fraction of sp³-hybridized carbons (Fsp3) is 0.368. The number of nitrogens with one attached hydrogen (secondary N) is 3. The fourth-order valence-corrected chi connectivity index (χ4v) is 9.52. The molecule has 0 atom stereocenters. The van der Waals surface area contributed by atoms with E-state index in [9.17, 15) is 0 Å². The van der Waals surface area contributed by atoms with Crippen LogP contribution >= 0.6 is 0 Å². The number of ether oxygens (including phenoxy) is 9. The second-order valence-corrected chi connectivity index (χ2v) is 17.6. The minimum absolute atomic E-state index is 0.323. The number of rotatable bonds is 3. The van der Waals surface area contributed by atoms with Gasteiger partial charge in [-0.3, -0.25) is 4.90 Å². The lowest BCUT2D eigenvalue weighted by Crippen LogP contribution is -2.40. The van der Waals surface area contributed by atoms with E-state index in [1.165, 1.54) is 0 Å². The molecule has 0 aromatic heterocycles. The van der Waals surface area contributed by atoms with Gasteiger partial charge in [0.25, 0.3) is 0 Å². The van der Waals surface area contributed by atoms with E-state index >= 15 is 0 Å². The Bertz CT molecular complexity index is 2390. The zero-order chi connectivity index (χ0) is 47.9. The largest absolute Gasteiger partial charge is 0.493 e. The summed E-state index contributed by atoms with van der Waals surface area (Å²) in [4.78, 5) is 2.50. The molecule has 16 bridgehead atoms. The van der Waals surface area contributed by atoms with Crippen molar-refractivity contribution in [2.45, 2.75) is 38.9 Å². The van der Waals surface area contributed by atoms with Crippen molar-refractivity contribution in [1.82, 2.24) is 20.9 Å². The first kappa shape index (κ1) is 48.4. The van der Waals surface area contributed by atoms with E-state index in [2.05, 4.69) is 75.4 Å². The Morgan fingerprint density at radius 1 is 0.386 bits per heavy atom. The molecule has 13 rings (SSSR count). The average molecular weight is 951 g/mol. The molecule has 6 aromatic rings. The van der Waals surface area contributed by atoms with Gasteiger partial charge >= 0.3 is 0 Å². The van der Waals surface area contributed by atoms with Crippen molar-refractivity contribution in [3.63, 3.8) is 0 Å². The Morgan fingerprint density at radius 3 is 1.01 bits per heavy atom. The lowest BCUT2D eigenvalue weighted by molar-refractivity contribution is 0.210. The van der Waals surface area contributed by atoms with Crippen molar-refractivity contribution >= 4 is 0 Å². The Kier molecular flexibility index (Phi) is 16.8. The molecule has 0 spiro atoms. The summed E-state index contributed by atoms with van der Waals surface area (Å²) in [5.74, 6) is 6.33. The number of methoxy groups -OCH3 is 3. The first-order valence-corrected chi connectivity index (χ1v) is 24.5. The van der Waals surface area contributed by atoms with E-state index in [4.69, 9.17) is 42.6 Å². The predicted molar refractivity (Wildman–Crippen MR) is 271 cm³/mol. The van der Waals surface area contributed by atoms with Crippen LogP contribution in [0.15, 0.2) is 109 Å². The van der Waals surface area contributed by atoms with E-state index in [0.29, 0.717) is 93.4 Å². The highest BCUT2D eigenvalue weighted by atomic mass is 16.6. The van der Waals surface area contributed by atoms with Gasteiger partial charge in [0.2, 0.25) is 0 Å². The van der Waals surface area contributed by atoms with E-state index in [0.717, 1.165) is 126 Å². The number of benzene rings is 6. The molecule has 0 amide bonds. The van der Waals surface area contributed by atoms with Gasteiger partial charge in [0, 0.05) is 94.9 Å². The molecule has 6 aromatic carbocycles. The highest BCUT2D eigenvalue weighted by Crippen LogP contribution is 2.45. The molecule has 0 saturated heterocycles. The van der Waals surface area contributed by atoms with E-state index < -0.39 is 0 Å². The van der Waals surface area contributed by atoms with Gasteiger partial charge in [-0.15, -0.1) is 0 Å². The van der Waals surface area contributed by atoms with Gasteiger partial charge in [-0.1, -0.05) is 54.6 Å². The van der Waals surface area contributed by atoms with Gasteiger partial charge < -0.3 is 58.6 Å². The molecule has 70 heavy (non-hydrogen) atoms. The van der Waals surface area contributed by atoms with E-state index in [1.54, 1.807) is 21.3 Å². The molecule has 0 fully saturated rings. The Labute approximate surface area is 412 Å². The van der Waals surface area contributed by atoms with Gasteiger partial charge in [-0.2, -0.15) is 0 Å². The van der Waals surface area contributed by atoms with Crippen molar-refractivity contribution in [2.75, 3.05) is 100 Å². The summed E-state index contributed by atoms with van der Waals surface area (Å²) in [7, 11) is 5.10. The van der Waals surface area contributed by atoms with Gasteiger partial charge in [0.1, 0.15) is 56.9 Å². The molecule has 0 saturated carbocycles. The summed E-state index contributed by atoms with van der Waals surface area (Å²) in [6.45, 7) is 9.44. The van der Waals surface area contributed by atoms with Gasteiger partial charge in [-0.05, 0) is 88.0 Å². The summed E-state index contributed by atoms with van der Waals surface area (Å²) < 4.78 is 57.1. The molecule has 0 radical (unpaired) electrons. The minimum atomic E-state index is 0.323. The number of nitrogens with zero attached hydrogens (tertiary/aromatic N) is 1. The first-order chi connectivity index (χ1) is 34.5. The monoisotopic (exact) mass is 950 g/mol. The van der Waals surface area contributed by atoms with E-state index in [1.807, 2.05) is 54.6 Å². The van der Waals surface area contributed by atoms with Gasteiger partial charge in [0.15, 0.2) is 34.5 Å². The fourth-order valence-electron chi connectivity index (χ4n) is 9.52. The van der Waals surface area contributed by atoms with Gasteiger partial charge in [-0.25, -0.2) is 0 Å². The maximum absolute atomic E-state index is 6.48. The zero-order valence-electron chi connectivity index (χ0n) is 40.7. The van der Waals surface area contributed by atoms with Crippen molar-refractivity contribution < 1.29 is 42.6 Å². The first-order valence-electron chi connectivity index (χ1n) is 24.5. The van der Waals surface area contributed by atoms with Crippen LogP contribution in [-0.4, -0.2) is 105 Å². The van der Waals surface area contributed by atoms with Crippen LogP contribution in [0.1, 0.15) is 50.1 Å². The molecule has 3 N–H and O–H groups in total. The summed E-state index contributed by atoms with van der Waals surface area (Å²) in [5, 5.41) is 11.0. The molecule has 6 aliphatic heterocycles. The van der Waals surface area contributed by atoms with Crippen LogP contribution in [-0.2, 0) is 38.9 Å². The Hall–Kier alpha value is -6.64. The number of fused-ring (bicyclic) bond motifs is 3. The minimum Gasteiger partial charge on any atom is -0.493 e. The number of hydrogen-bond donors (Lipinski definition) is 3. The van der Waals surface area contributed by atoms with Crippen LogP contribution in [0.4, 0.5) is 0 Å². The smallest absolute Gasteiger partial charge is 0.164 e. The quantitative estimate of drug-likeness (QED) is 0.160. The maximum atomic E-state index is 6.48. The van der Waals surface area contributed by atoms with Crippen LogP contribution in [0, 0.1) is 0 Å². The lowest BCUT2D eigenvalue weighted by atomic mass is 9.93. The third kappa shape index (κ3) is 12.4. The summed E-state index contributed by atoms with van der Waals surface area (Å²) in [5.41, 5.74) is 9.71. The molecule has 13 heteroatoms. The summed E-state index contributed by atoms with van der Waals surface area (Å²) in [6.07, 6.45) is 1.67. The molecule has 368 valence electrons. The molecule has 13 nitrogen and oxygen atoms in total. The second-order valence-electron chi connectivity index (χ2n) is 17.6. The molecule has 0 unspecified atom stereocenters. The standard InChI is InChI=1S/C57H66N4O9/c1-62-55-49-34-44-14-17-53-57(64-3)51(44)36-45-15-18-54-56(63-2)50(45)35-43(49)13-16-52(55)68-28-25-65-46-10-4-7-40(31-46)37-58-19-22-61(23-20-59-38-41-8-5-11-47(32-41)66-26-29-69-53)24-21-60-39-42-9-6-12-48(33-42)67-27-30-70-54/h4-18,31-33,58-60H,19-30,34-39H2,1-3H3. The highest BCUT2D eigenvalue weighted by Gasteiger charge is 2.27. The molecular weight excluding hydrogens is 885 g/mol. The van der Waals surface area contributed by atoms with Crippen LogP contribution in [0.5, 0.6) is 51.7 Å². The number of hydrogen-bond acceptors (Lipinski definition) is 13. The van der Waals surface area contributed by atoms with Crippen molar-refractivity contribution in [3.8, 4) is 51.7 Å². The lowest BCUT2D eigenvalue weighted by Gasteiger charge is -2.23. The molecule has 6 heterocycles. The SMILES string of the molecule is COc1c2ccc3c1Cc1ccc4c(OC)c1Cc1ccc(c(OC)c1C3)OCCOc1cccc(c1)CNCCN(CCNCc1cccc(c1)OCCO2)CCNCc1cccc(c1)OCCO4. The third-order valence-corrected chi connectivity index (χ3v) is 13.0. The van der Waals surface area contributed by atoms with Crippen molar-refractivity contribution in [1.29, 1.82) is 0 Å². The summed E-state index contributed by atoms with van der Waals surface area (Å²) >= 11 is 0. The van der Waals surface area contributed by atoms with Crippen molar-refractivity contribution in [3.05, 3.63) is 159 Å². The topological polar surface area (TPSA) is 122 Å².